The van der Waals surface area contributed by atoms with E-state index in [1.165, 1.54) is 0 Å². The zero-order valence-corrected chi connectivity index (χ0v) is 11.8. The summed E-state index contributed by atoms with van der Waals surface area (Å²) in [5.41, 5.74) is 1.43. The van der Waals surface area contributed by atoms with E-state index < -0.39 is 23.7 Å². The molecule has 6 nitrogen and oxygen atoms in total. The number of amides is 1. The average Bonchev–Trinajstić information content (AvgIpc) is 2.47. The Morgan fingerprint density at radius 1 is 1.48 bits per heavy atom. The molecule has 21 heavy (non-hydrogen) atoms. The lowest BCUT2D eigenvalue weighted by Gasteiger charge is -2.29. The lowest BCUT2D eigenvalue weighted by molar-refractivity contribution is -0.139. The van der Waals surface area contributed by atoms with Gasteiger partial charge in [0.25, 0.3) is 0 Å². The van der Waals surface area contributed by atoms with Gasteiger partial charge in [-0.2, -0.15) is 5.26 Å². The number of nitrogens with one attached hydrogen (secondary N) is 1. The predicted octanol–water partition coefficient (Wildman–Crippen LogP) is 1.27. The summed E-state index contributed by atoms with van der Waals surface area (Å²) < 4.78 is 5.06. The normalized spacial score (nSPS) is 21.5. The third-order valence-corrected chi connectivity index (χ3v) is 3.34. The molecule has 0 saturated heterocycles. The molecule has 0 spiro atoms. The highest BCUT2D eigenvalue weighted by molar-refractivity contribution is 5.97. The maximum atomic E-state index is 12.2. The summed E-state index contributed by atoms with van der Waals surface area (Å²) in [4.78, 5) is 28.1. The second kappa shape index (κ2) is 6.18. The van der Waals surface area contributed by atoms with Crippen molar-refractivity contribution in [3.05, 3.63) is 41.4 Å². The first kappa shape index (κ1) is 14.7. The molecule has 108 valence electrons. The number of carbonyl (C=O) groups excluding carboxylic acids is 2. The Labute approximate surface area is 122 Å². The fourth-order valence-electron chi connectivity index (χ4n) is 2.43. The van der Waals surface area contributed by atoms with E-state index in [0.29, 0.717) is 16.8 Å². The van der Waals surface area contributed by atoms with Crippen molar-refractivity contribution < 1.29 is 14.3 Å². The number of nitriles is 1. The van der Waals surface area contributed by atoms with Crippen LogP contribution >= 0.6 is 0 Å². The van der Waals surface area contributed by atoms with Gasteiger partial charge in [0.1, 0.15) is 5.92 Å². The van der Waals surface area contributed by atoms with Gasteiger partial charge in [0.2, 0.25) is 5.91 Å². The monoisotopic (exact) mass is 285 g/mol. The number of aromatic nitrogens is 1. The van der Waals surface area contributed by atoms with Crippen molar-refractivity contribution in [2.24, 2.45) is 5.92 Å². The summed E-state index contributed by atoms with van der Waals surface area (Å²) >= 11 is 0. The number of nitrogens with zero attached hydrogens (tertiary/aromatic N) is 2. The van der Waals surface area contributed by atoms with Gasteiger partial charge in [-0.15, -0.1) is 0 Å². The van der Waals surface area contributed by atoms with Crippen molar-refractivity contribution in [2.45, 2.75) is 19.8 Å². The van der Waals surface area contributed by atoms with Crippen LogP contribution in [0.25, 0.3) is 0 Å². The fraction of sp³-hybridized carbons (Fsp3) is 0.333. The van der Waals surface area contributed by atoms with Crippen molar-refractivity contribution in [1.29, 1.82) is 5.26 Å². The molecule has 1 aromatic rings. The Morgan fingerprint density at radius 2 is 2.14 bits per heavy atom. The van der Waals surface area contributed by atoms with Crippen LogP contribution in [-0.4, -0.2) is 23.5 Å². The van der Waals surface area contributed by atoms with E-state index >= 15 is 0 Å². The SMILES string of the molecule is CCOC(=O)C1=C(C)NC(=O)[C@@H](C#N)[C@H]1c1ccncc1. The molecule has 1 N–H and O–H groups in total. The molecule has 2 atom stereocenters. The summed E-state index contributed by atoms with van der Waals surface area (Å²) in [6.45, 7) is 3.56. The summed E-state index contributed by atoms with van der Waals surface area (Å²) in [7, 11) is 0. The predicted molar refractivity (Wildman–Crippen MR) is 73.6 cm³/mol. The topological polar surface area (TPSA) is 92.1 Å². The molecule has 1 aromatic heterocycles. The van der Waals surface area contributed by atoms with Crippen LogP contribution in [0.1, 0.15) is 25.3 Å². The van der Waals surface area contributed by atoms with Crippen LogP contribution in [0.5, 0.6) is 0 Å². The lowest BCUT2D eigenvalue weighted by atomic mass is 9.78. The molecule has 1 aliphatic rings. The highest BCUT2D eigenvalue weighted by Gasteiger charge is 2.41. The molecule has 0 aliphatic carbocycles. The molecule has 1 aliphatic heterocycles. The lowest BCUT2D eigenvalue weighted by Crippen LogP contribution is -2.41. The quantitative estimate of drug-likeness (QED) is 0.844. The largest absolute Gasteiger partial charge is 0.463 e. The highest BCUT2D eigenvalue weighted by atomic mass is 16.5. The molecule has 0 saturated carbocycles. The van der Waals surface area contributed by atoms with E-state index in [9.17, 15) is 14.9 Å². The second-order valence-electron chi connectivity index (χ2n) is 4.61. The fourth-order valence-corrected chi connectivity index (χ4v) is 2.43. The molecular formula is C15H15N3O3. The molecule has 0 aromatic carbocycles. The molecule has 2 heterocycles. The zero-order valence-electron chi connectivity index (χ0n) is 11.8. The van der Waals surface area contributed by atoms with Crippen LogP contribution in [0.3, 0.4) is 0 Å². The smallest absolute Gasteiger partial charge is 0.336 e. The maximum Gasteiger partial charge on any atom is 0.336 e. The minimum Gasteiger partial charge on any atom is -0.463 e. The van der Waals surface area contributed by atoms with E-state index in [4.69, 9.17) is 4.74 Å². The van der Waals surface area contributed by atoms with Gasteiger partial charge < -0.3 is 10.1 Å². The van der Waals surface area contributed by atoms with Gasteiger partial charge in [0, 0.05) is 24.0 Å². The third-order valence-electron chi connectivity index (χ3n) is 3.34. The van der Waals surface area contributed by atoms with Crippen LogP contribution in [-0.2, 0) is 14.3 Å². The zero-order chi connectivity index (χ0) is 15.4. The van der Waals surface area contributed by atoms with E-state index in [1.807, 2.05) is 6.07 Å². The van der Waals surface area contributed by atoms with Crippen LogP contribution in [0.2, 0.25) is 0 Å². The van der Waals surface area contributed by atoms with Gasteiger partial charge in [0.05, 0.1) is 18.2 Å². The Hall–Kier alpha value is -2.68. The highest BCUT2D eigenvalue weighted by Crippen LogP contribution is 2.37. The standard InChI is InChI=1S/C15H15N3O3/c1-3-21-15(20)12-9(2)18-14(19)11(8-16)13(12)10-4-6-17-7-5-10/h4-7,11,13H,3H2,1-2H3,(H,18,19)/t11-,13+/m0/s1. The van der Waals surface area contributed by atoms with Gasteiger partial charge >= 0.3 is 5.97 Å². The third kappa shape index (κ3) is 2.77. The molecule has 1 amide bonds. The molecule has 2 rings (SSSR count). The van der Waals surface area contributed by atoms with E-state index in [1.54, 1.807) is 38.4 Å². The minimum absolute atomic E-state index is 0.226. The molecule has 6 heteroatoms. The summed E-state index contributed by atoms with van der Waals surface area (Å²) in [6.07, 6.45) is 3.13. The molecule has 0 fully saturated rings. The Morgan fingerprint density at radius 3 is 2.71 bits per heavy atom. The van der Waals surface area contributed by atoms with Gasteiger partial charge in [-0.25, -0.2) is 4.79 Å². The first-order valence-corrected chi connectivity index (χ1v) is 6.58. The van der Waals surface area contributed by atoms with Crippen LogP contribution in [0, 0.1) is 17.2 Å². The Bertz CT molecular complexity index is 631. The number of esters is 1. The van der Waals surface area contributed by atoms with Crippen LogP contribution < -0.4 is 5.32 Å². The minimum atomic E-state index is -0.976. The number of hydrogen-bond donors (Lipinski definition) is 1. The van der Waals surface area contributed by atoms with Gasteiger partial charge in [-0.1, -0.05) is 0 Å². The maximum absolute atomic E-state index is 12.2. The number of hydrogen-bond acceptors (Lipinski definition) is 5. The number of ether oxygens (including phenoxy) is 1. The summed E-state index contributed by atoms with van der Waals surface area (Å²) in [5, 5.41) is 11.9. The van der Waals surface area contributed by atoms with E-state index in [0.717, 1.165) is 0 Å². The number of pyridine rings is 1. The van der Waals surface area contributed by atoms with Gasteiger partial charge in [-0.05, 0) is 31.5 Å². The van der Waals surface area contributed by atoms with Crippen molar-refractivity contribution in [2.75, 3.05) is 6.61 Å². The number of allylic oxidation sites excluding steroid dienone is 1. The number of carbonyl (C=O) groups is 2. The van der Waals surface area contributed by atoms with E-state index in [2.05, 4.69) is 10.3 Å². The molecule has 0 unspecified atom stereocenters. The molecular weight excluding hydrogens is 270 g/mol. The van der Waals surface area contributed by atoms with E-state index in [-0.39, 0.29) is 6.61 Å². The second-order valence-corrected chi connectivity index (χ2v) is 4.61. The molecule has 0 bridgehead atoms. The first-order chi connectivity index (χ1) is 10.1. The summed E-state index contributed by atoms with van der Waals surface area (Å²) in [6, 6.07) is 5.36. The van der Waals surface area contributed by atoms with Crippen LogP contribution in [0.15, 0.2) is 35.8 Å². The van der Waals surface area contributed by atoms with Crippen LogP contribution in [0.4, 0.5) is 0 Å². The molecule has 0 radical (unpaired) electrons. The van der Waals surface area contributed by atoms with Crippen molar-refractivity contribution in [3.63, 3.8) is 0 Å². The Kier molecular flexibility index (Phi) is 4.33. The Balaban J connectivity index is 2.56. The van der Waals surface area contributed by atoms with Gasteiger partial charge in [-0.3, -0.25) is 9.78 Å². The number of rotatable bonds is 3. The van der Waals surface area contributed by atoms with Crippen molar-refractivity contribution in [3.8, 4) is 6.07 Å². The van der Waals surface area contributed by atoms with Gasteiger partial charge in [0.15, 0.2) is 0 Å². The van der Waals surface area contributed by atoms with Crippen molar-refractivity contribution in [1.82, 2.24) is 10.3 Å². The average molecular weight is 285 g/mol. The first-order valence-electron chi connectivity index (χ1n) is 6.58. The van der Waals surface area contributed by atoms with Crippen molar-refractivity contribution >= 4 is 11.9 Å². The summed E-state index contributed by atoms with van der Waals surface area (Å²) in [5.74, 6) is -2.55.